The fourth-order valence-corrected chi connectivity index (χ4v) is 7.53. The summed E-state index contributed by atoms with van der Waals surface area (Å²) in [6.45, 7) is 4.65. The van der Waals surface area contributed by atoms with Gasteiger partial charge < -0.3 is 15.8 Å². The first-order chi connectivity index (χ1) is 11.8. The number of amides is 2. The predicted molar refractivity (Wildman–Crippen MR) is 94.4 cm³/mol. The summed E-state index contributed by atoms with van der Waals surface area (Å²) in [5.41, 5.74) is 5.81. The number of piperidine rings is 1. The van der Waals surface area contributed by atoms with Gasteiger partial charge in [0.1, 0.15) is 0 Å². The van der Waals surface area contributed by atoms with Crippen molar-refractivity contribution < 1.29 is 14.3 Å². The van der Waals surface area contributed by atoms with Gasteiger partial charge in [0, 0.05) is 24.5 Å². The summed E-state index contributed by atoms with van der Waals surface area (Å²) < 4.78 is 5.84. The average molecular weight is 348 g/mol. The third kappa shape index (κ3) is 2.23. The molecular weight excluding hydrogens is 316 g/mol. The van der Waals surface area contributed by atoms with Crippen LogP contribution in [0, 0.1) is 34.5 Å². The summed E-state index contributed by atoms with van der Waals surface area (Å²) in [6.07, 6.45) is 6.89. The van der Waals surface area contributed by atoms with Crippen molar-refractivity contribution in [3.63, 3.8) is 0 Å². The normalized spacial score (nSPS) is 51.9. The second kappa shape index (κ2) is 5.70. The molecule has 1 aliphatic heterocycles. The number of ether oxygens (including phenoxy) is 1. The van der Waals surface area contributed by atoms with E-state index >= 15 is 0 Å². The minimum absolute atomic E-state index is 0.00226. The molecule has 3 N–H and O–H groups in total. The fraction of sp³-hybridized carbons (Fsp3) is 0.900. The Hall–Kier alpha value is -1.10. The highest BCUT2D eigenvalue weighted by Gasteiger charge is 2.63. The van der Waals surface area contributed by atoms with E-state index in [1.54, 1.807) is 7.11 Å². The topological polar surface area (TPSA) is 81.4 Å². The summed E-state index contributed by atoms with van der Waals surface area (Å²) in [5, 5.41) is 3.26. The van der Waals surface area contributed by atoms with Gasteiger partial charge in [-0.25, -0.2) is 0 Å². The second-order valence-electron chi connectivity index (χ2n) is 9.45. The van der Waals surface area contributed by atoms with E-state index < -0.39 is 0 Å². The Morgan fingerprint density at radius 3 is 2.60 bits per heavy atom. The third-order valence-corrected chi connectivity index (χ3v) is 8.80. The van der Waals surface area contributed by atoms with Gasteiger partial charge in [0.2, 0.25) is 11.8 Å². The standard InChI is InChI=1S/C20H32N2O3/c1-19-9-8-13-11(12(19)5-6-14(19)18(21)24)4-7-15-20(13,2)16(25-3)10-17(23)22-15/h11-16H,4-10H2,1-3H3,(H2,21,24)(H,22,23)/t11-,12-,13-,14+,15?,16-,19-,20+/m0/s1. The highest BCUT2D eigenvalue weighted by Crippen LogP contribution is 2.65. The molecule has 0 radical (unpaired) electrons. The van der Waals surface area contributed by atoms with Crippen LogP contribution in [0.4, 0.5) is 0 Å². The lowest BCUT2D eigenvalue weighted by Gasteiger charge is -2.61. The smallest absolute Gasteiger partial charge is 0.222 e. The molecule has 5 nitrogen and oxygen atoms in total. The average Bonchev–Trinajstić information content (AvgIpc) is 2.92. The van der Waals surface area contributed by atoms with E-state index in [1.165, 1.54) is 0 Å². The number of hydrogen-bond acceptors (Lipinski definition) is 3. The van der Waals surface area contributed by atoms with Crippen LogP contribution in [0.1, 0.15) is 58.8 Å². The molecule has 4 aliphatic rings. The largest absolute Gasteiger partial charge is 0.380 e. The van der Waals surface area contributed by atoms with Crippen molar-refractivity contribution >= 4 is 11.8 Å². The highest BCUT2D eigenvalue weighted by atomic mass is 16.5. The zero-order chi connectivity index (χ0) is 18.0. The Balaban J connectivity index is 1.67. The summed E-state index contributed by atoms with van der Waals surface area (Å²) in [6, 6.07) is 0.220. The number of rotatable bonds is 2. The van der Waals surface area contributed by atoms with Gasteiger partial charge in [0.05, 0.1) is 12.5 Å². The minimum atomic E-state index is -0.108. The van der Waals surface area contributed by atoms with E-state index in [0.717, 1.165) is 38.5 Å². The van der Waals surface area contributed by atoms with Gasteiger partial charge >= 0.3 is 0 Å². The molecule has 8 atom stereocenters. The molecular formula is C20H32N2O3. The van der Waals surface area contributed by atoms with Gasteiger partial charge in [-0.05, 0) is 61.7 Å². The van der Waals surface area contributed by atoms with Gasteiger partial charge in [0.25, 0.3) is 0 Å². The molecule has 0 aromatic rings. The van der Waals surface area contributed by atoms with E-state index in [0.29, 0.717) is 24.2 Å². The number of methoxy groups -OCH3 is 1. The van der Waals surface area contributed by atoms with Gasteiger partial charge in [-0.2, -0.15) is 0 Å². The van der Waals surface area contributed by atoms with Crippen molar-refractivity contribution in [2.45, 2.75) is 70.9 Å². The molecule has 0 spiro atoms. The molecule has 0 bridgehead atoms. The molecule has 3 saturated carbocycles. The summed E-state index contributed by atoms with van der Waals surface area (Å²) in [4.78, 5) is 24.1. The van der Waals surface area contributed by atoms with Crippen molar-refractivity contribution in [2.24, 2.45) is 40.2 Å². The third-order valence-electron chi connectivity index (χ3n) is 8.80. The molecule has 140 valence electrons. The molecule has 5 heteroatoms. The lowest BCUT2D eigenvalue weighted by atomic mass is 9.46. The molecule has 4 rings (SSSR count). The molecule has 25 heavy (non-hydrogen) atoms. The Kier molecular flexibility index (Phi) is 3.95. The Morgan fingerprint density at radius 1 is 1.16 bits per heavy atom. The van der Waals surface area contributed by atoms with Crippen LogP contribution in [0.15, 0.2) is 0 Å². The van der Waals surface area contributed by atoms with Crippen LogP contribution in [-0.2, 0) is 14.3 Å². The van der Waals surface area contributed by atoms with Crippen molar-refractivity contribution in [3.8, 4) is 0 Å². The van der Waals surface area contributed by atoms with Gasteiger partial charge in [-0.1, -0.05) is 13.8 Å². The van der Waals surface area contributed by atoms with Crippen molar-refractivity contribution in [3.05, 3.63) is 0 Å². The molecule has 0 aromatic carbocycles. The summed E-state index contributed by atoms with van der Waals surface area (Å²) in [5.74, 6) is 1.81. The van der Waals surface area contributed by atoms with Gasteiger partial charge in [-0.3, -0.25) is 9.59 Å². The quantitative estimate of drug-likeness (QED) is 0.803. The Bertz CT molecular complexity index is 581. The highest BCUT2D eigenvalue weighted by molar-refractivity contribution is 5.78. The predicted octanol–water partition coefficient (Wildman–Crippen LogP) is 2.23. The zero-order valence-electron chi connectivity index (χ0n) is 15.7. The van der Waals surface area contributed by atoms with Crippen LogP contribution in [0.3, 0.4) is 0 Å². The first-order valence-corrected chi connectivity index (χ1v) is 9.93. The SMILES string of the molecule is CO[C@H]1CC(=O)NC2CC[C@H]3[C@@H]4CC[C@H](C(N)=O)[C@@]4(C)CC[C@@H]3[C@]21C. The number of carbonyl (C=O) groups is 2. The minimum Gasteiger partial charge on any atom is -0.380 e. The summed E-state index contributed by atoms with van der Waals surface area (Å²) in [7, 11) is 1.75. The molecule has 3 aliphatic carbocycles. The van der Waals surface area contributed by atoms with Gasteiger partial charge in [-0.15, -0.1) is 0 Å². The van der Waals surface area contributed by atoms with Crippen LogP contribution in [0.25, 0.3) is 0 Å². The van der Waals surface area contributed by atoms with Crippen LogP contribution < -0.4 is 11.1 Å². The molecule has 1 heterocycles. The van der Waals surface area contributed by atoms with Crippen LogP contribution in [0.2, 0.25) is 0 Å². The number of nitrogens with two attached hydrogens (primary N) is 1. The fourth-order valence-electron chi connectivity index (χ4n) is 7.53. The maximum absolute atomic E-state index is 12.1. The lowest BCUT2D eigenvalue weighted by Crippen LogP contribution is -2.66. The second-order valence-corrected chi connectivity index (χ2v) is 9.45. The van der Waals surface area contributed by atoms with E-state index in [2.05, 4.69) is 19.2 Å². The van der Waals surface area contributed by atoms with Crippen molar-refractivity contribution in [2.75, 3.05) is 7.11 Å². The number of carbonyl (C=O) groups excluding carboxylic acids is 2. The molecule has 1 saturated heterocycles. The zero-order valence-corrected chi connectivity index (χ0v) is 15.7. The monoisotopic (exact) mass is 348 g/mol. The number of hydrogen-bond donors (Lipinski definition) is 2. The van der Waals surface area contributed by atoms with Crippen LogP contribution in [-0.4, -0.2) is 31.1 Å². The Labute approximate surface area is 150 Å². The maximum Gasteiger partial charge on any atom is 0.222 e. The van der Waals surface area contributed by atoms with Crippen molar-refractivity contribution in [1.82, 2.24) is 5.32 Å². The number of nitrogens with one attached hydrogen (secondary N) is 1. The maximum atomic E-state index is 12.1. The first-order valence-electron chi connectivity index (χ1n) is 9.93. The number of fused-ring (bicyclic) bond motifs is 5. The van der Waals surface area contributed by atoms with Crippen LogP contribution >= 0.6 is 0 Å². The molecule has 0 aromatic heterocycles. The Morgan fingerprint density at radius 2 is 1.92 bits per heavy atom. The molecule has 4 fully saturated rings. The van der Waals surface area contributed by atoms with Crippen LogP contribution in [0.5, 0.6) is 0 Å². The molecule has 2 amide bonds. The van der Waals surface area contributed by atoms with Crippen molar-refractivity contribution in [1.29, 1.82) is 0 Å². The first kappa shape index (κ1) is 17.3. The van der Waals surface area contributed by atoms with E-state index in [-0.39, 0.29) is 40.7 Å². The number of primary amides is 1. The van der Waals surface area contributed by atoms with E-state index in [1.807, 2.05) is 0 Å². The van der Waals surface area contributed by atoms with Gasteiger partial charge in [0.15, 0.2) is 0 Å². The lowest BCUT2D eigenvalue weighted by molar-refractivity contribution is -0.169. The molecule has 1 unspecified atom stereocenters. The van der Waals surface area contributed by atoms with E-state index in [9.17, 15) is 9.59 Å². The van der Waals surface area contributed by atoms with E-state index in [4.69, 9.17) is 10.5 Å². The summed E-state index contributed by atoms with van der Waals surface area (Å²) >= 11 is 0.